The molecule has 29 heavy (non-hydrogen) atoms. The van der Waals surface area contributed by atoms with Crippen molar-refractivity contribution in [1.82, 2.24) is 15.5 Å². The zero-order valence-corrected chi connectivity index (χ0v) is 15.7. The average Bonchev–Trinajstić information content (AvgIpc) is 3.23. The SMILES string of the molecule is O=C1N[C@@H]([C@H]2CC(F)(F)CCO2)CN2CC(F)(F)Oc3c(-c4cn[nH]c4)sc1c32. The number of amides is 1. The van der Waals surface area contributed by atoms with Crippen molar-refractivity contribution in [2.24, 2.45) is 0 Å². The number of thiophene rings is 1. The second kappa shape index (κ2) is 6.33. The van der Waals surface area contributed by atoms with E-state index in [0.29, 0.717) is 10.4 Å². The van der Waals surface area contributed by atoms with Crippen molar-refractivity contribution in [3.63, 3.8) is 0 Å². The maximum absolute atomic E-state index is 14.4. The number of carbonyl (C=O) groups excluding carboxylic acids is 1. The first-order chi connectivity index (χ1) is 13.7. The lowest BCUT2D eigenvalue weighted by Crippen LogP contribution is -2.55. The molecule has 2 N–H and O–H groups in total. The molecule has 2 atom stereocenters. The number of alkyl halides is 4. The third-order valence-electron chi connectivity index (χ3n) is 5.23. The number of aromatic nitrogens is 2. The molecule has 0 radical (unpaired) electrons. The molecule has 2 aromatic heterocycles. The molecule has 3 aliphatic rings. The van der Waals surface area contributed by atoms with Crippen LogP contribution in [0.25, 0.3) is 10.4 Å². The van der Waals surface area contributed by atoms with E-state index in [2.05, 4.69) is 15.5 Å². The number of carbonyl (C=O) groups is 1. The van der Waals surface area contributed by atoms with E-state index < -0.39 is 49.5 Å². The molecule has 5 rings (SSSR count). The lowest BCUT2D eigenvalue weighted by atomic mass is 9.98. The monoisotopic (exact) mass is 432 g/mol. The maximum atomic E-state index is 14.4. The minimum atomic E-state index is -3.50. The van der Waals surface area contributed by atoms with Gasteiger partial charge in [0.2, 0.25) is 0 Å². The number of rotatable bonds is 2. The Morgan fingerprint density at radius 1 is 1.28 bits per heavy atom. The number of nitrogens with zero attached hydrogens (tertiary/aromatic N) is 2. The van der Waals surface area contributed by atoms with Gasteiger partial charge in [-0.05, 0) is 0 Å². The molecular formula is C17H16F4N4O3S. The quantitative estimate of drug-likeness (QED) is 0.714. The number of anilines is 1. The lowest BCUT2D eigenvalue weighted by Gasteiger charge is -2.38. The highest BCUT2D eigenvalue weighted by molar-refractivity contribution is 7.18. The first-order valence-corrected chi connectivity index (χ1v) is 9.82. The molecule has 0 spiro atoms. The van der Waals surface area contributed by atoms with Gasteiger partial charge in [0.1, 0.15) is 17.1 Å². The molecule has 0 bridgehead atoms. The fourth-order valence-electron chi connectivity index (χ4n) is 3.95. The van der Waals surface area contributed by atoms with Crippen molar-refractivity contribution in [2.45, 2.75) is 37.0 Å². The predicted molar refractivity (Wildman–Crippen MR) is 94.9 cm³/mol. The van der Waals surface area contributed by atoms with Crippen LogP contribution in [-0.4, -0.2) is 60.0 Å². The van der Waals surface area contributed by atoms with Crippen molar-refractivity contribution in [3.05, 3.63) is 17.3 Å². The number of ether oxygens (including phenoxy) is 2. The topological polar surface area (TPSA) is 79.5 Å². The van der Waals surface area contributed by atoms with Gasteiger partial charge in [0.15, 0.2) is 5.75 Å². The fraction of sp³-hybridized carbons (Fsp3) is 0.529. The maximum Gasteiger partial charge on any atom is 0.416 e. The molecule has 0 aromatic carbocycles. The summed E-state index contributed by atoms with van der Waals surface area (Å²) >= 11 is 0.998. The van der Waals surface area contributed by atoms with Gasteiger partial charge in [0, 0.05) is 31.1 Å². The fourth-order valence-corrected chi connectivity index (χ4v) is 5.08. The van der Waals surface area contributed by atoms with Crippen LogP contribution >= 0.6 is 11.3 Å². The van der Waals surface area contributed by atoms with E-state index >= 15 is 0 Å². The molecule has 7 nitrogen and oxygen atoms in total. The van der Waals surface area contributed by atoms with Gasteiger partial charge < -0.3 is 19.7 Å². The third-order valence-corrected chi connectivity index (χ3v) is 6.44. The Labute approximate surface area is 166 Å². The first kappa shape index (κ1) is 18.7. The van der Waals surface area contributed by atoms with E-state index in [-0.39, 0.29) is 29.5 Å². The number of halogens is 4. The Morgan fingerprint density at radius 3 is 2.83 bits per heavy atom. The van der Waals surface area contributed by atoms with Crippen molar-refractivity contribution in [1.29, 1.82) is 0 Å². The van der Waals surface area contributed by atoms with Crippen molar-refractivity contribution in [2.75, 3.05) is 24.6 Å². The summed E-state index contributed by atoms with van der Waals surface area (Å²) in [6, 6.07) is -0.854. The van der Waals surface area contributed by atoms with Gasteiger partial charge in [-0.1, -0.05) is 0 Å². The van der Waals surface area contributed by atoms with Crippen LogP contribution in [-0.2, 0) is 4.74 Å². The molecular weight excluding hydrogens is 416 g/mol. The van der Waals surface area contributed by atoms with Crippen LogP contribution in [0.4, 0.5) is 23.2 Å². The van der Waals surface area contributed by atoms with Gasteiger partial charge in [-0.25, -0.2) is 8.78 Å². The number of hydrogen-bond acceptors (Lipinski definition) is 6. The van der Waals surface area contributed by atoms with E-state index in [1.165, 1.54) is 17.3 Å². The van der Waals surface area contributed by atoms with Crippen LogP contribution in [0.3, 0.4) is 0 Å². The van der Waals surface area contributed by atoms with E-state index in [0.717, 1.165) is 11.3 Å². The van der Waals surface area contributed by atoms with E-state index in [1.54, 1.807) is 0 Å². The minimum Gasteiger partial charge on any atom is -0.427 e. The first-order valence-electron chi connectivity index (χ1n) is 9.00. The summed E-state index contributed by atoms with van der Waals surface area (Å²) in [5.74, 6) is -3.55. The number of H-pyrrole nitrogens is 1. The molecule has 0 saturated carbocycles. The Balaban J connectivity index is 1.54. The van der Waals surface area contributed by atoms with Gasteiger partial charge in [-0.2, -0.15) is 13.9 Å². The molecule has 2 aromatic rings. The smallest absolute Gasteiger partial charge is 0.416 e. The van der Waals surface area contributed by atoms with Gasteiger partial charge in [0.25, 0.3) is 11.8 Å². The van der Waals surface area contributed by atoms with E-state index in [1.807, 2.05) is 0 Å². The molecule has 5 heterocycles. The van der Waals surface area contributed by atoms with Crippen LogP contribution in [0.5, 0.6) is 5.75 Å². The highest BCUT2D eigenvalue weighted by atomic mass is 32.1. The van der Waals surface area contributed by atoms with Crippen molar-refractivity contribution in [3.8, 4) is 16.2 Å². The molecule has 0 unspecified atom stereocenters. The Morgan fingerprint density at radius 2 is 2.10 bits per heavy atom. The normalized spacial score (nSPS) is 27.6. The number of aromatic amines is 1. The average molecular weight is 432 g/mol. The predicted octanol–water partition coefficient (Wildman–Crippen LogP) is 2.86. The summed E-state index contributed by atoms with van der Waals surface area (Å²) in [6.07, 6.45) is -2.48. The van der Waals surface area contributed by atoms with Crippen LogP contribution in [0, 0.1) is 0 Å². The summed E-state index contributed by atoms with van der Waals surface area (Å²) in [6.45, 7) is -1.03. The zero-order chi connectivity index (χ0) is 20.4. The van der Waals surface area contributed by atoms with Crippen molar-refractivity contribution < 1.29 is 31.8 Å². The molecule has 156 valence electrons. The second-order valence-corrected chi connectivity index (χ2v) is 8.36. The van der Waals surface area contributed by atoms with Gasteiger partial charge in [-0.3, -0.25) is 9.89 Å². The Bertz CT molecular complexity index is 949. The lowest BCUT2D eigenvalue weighted by molar-refractivity contribution is -0.172. The van der Waals surface area contributed by atoms with Gasteiger partial charge in [0.05, 0.1) is 29.8 Å². The van der Waals surface area contributed by atoms with E-state index in [4.69, 9.17) is 9.47 Å². The van der Waals surface area contributed by atoms with Crippen molar-refractivity contribution >= 4 is 22.9 Å². The van der Waals surface area contributed by atoms with E-state index in [9.17, 15) is 22.4 Å². The second-order valence-electron chi connectivity index (χ2n) is 7.34. The summed E-state index contributed by atoms with van der Waals surface area (Å²) < 4.78 is 66.8. The Hall–Kier alpha value is -2.34. The standard InChI is InChI=1S/C17H16F4N4O3S/c18-16(19)1-2-27-10(3-16)9-6-25-7-17(20,21)28-12-11(25)14(15(26)24-9)29-13(12)8-4-22-23-5-8/h4-5,9-10H,1-3,6-7H2,(H,22,23)(H,24,26)/t9-,10-/m1/s1. The number of hydrogen-bond donors (Lipinski definition) is 2. The minimum absolute atomic E-state index is 0.0903. The largest absolute Gasteiger partial charge is 0.427 e. The molecule has 3 aliphatic heterocycles. The van der Waals surface area contributed by atoms with Crippen LogP contribution in [0.2, 0.25) is 0 Å². The summed E-state index contributed by atoms with van der Waals surface area (Å²) in [5.41, 5.74) is 0.759. The van der Waals surface area contributed by atoms with Crippen LogP contribution in [0.1, 0.15) is 22.5 Å². The highest BCUT2D eigenvalue weighted by Crippen LogP contribution is 2.53. The van der Waals surface area contributed by atoms with Gasteiger partial charge >= 0.3 is 6.11 Å². The molecule has 0 aliphatic carbocycles. The zero-order valence-electron chi connectivity index (χ0n) is 14.9. The summed E-state index contributed by atoms with van der Waals surface area (Å²) in [5, 5.41) is 9.11. The third kappa shape index (κ3) is 3.23. The van der Waals surface area contributed by atoms with Crippen LogP contribution < -0.4 is 15.0 Å². The molecule has 1 saturated heterocycles. The molecule has 1 amide bonds. The summed E-state index contributed by atoms with van der Waals surface area (Å²) in [4.78, 5) is 14.7. The van der Waals surface area contributed by atoms with Crippen LogP contribution in [0.15, 0.2) is 12.4 Å². The Kier molecular flexibility index (Phi) is 4.07. The summed E-state index contributed by atoms with van der Waals surface area (Å²) in [7, 11) is 0. The number of nitrogens with one attached hydrogen (secondary N) is 2. The molecule has 1 fully saturated rings. The highest BCUT2D eigenvalue weighted by Gasteiger charge is 2.49. The van der Waals surface area contributed by atoms with Gasteiger partial charge in [-0.15, -0.1) is 11.3 Å². The molecule has 12 heteroatoms.